The zero-order chi connectivity index (χ0) is 13.8. The van der Waals surface area contributed by atoms with Crippen molar-refractivity contribution in [2.45, 2.75) is 31.7 Å². The second kappa shape index (κ2) is 6.06. The maximum atomic E-state index is 12.2. The molecule has 1 amide bonds. The standard InChI is InChI=1S/C14H16ClNO3/c15-11-4-1-3-10(7-11)8-13(17)16(9-14(18)19)12-5-2-6-12/h1,3-4,7,12H,2,5-6,8-9H2,(H,18,19). The fraction of sp³-hybridized carbons (Fsp3) is 0.429. The van der Waals surface area contributed by atoms with Crippen molar-refractivity contribution in [3.63, 3.8) is 0 Å². The number of hydrogen-bond acceptors (Lipinski definition) is 2. The summed E-state index contributed by atoms with van der Waals surface area (Å²) in [6.45, 7) is -0.218. The molecule has 5 heteroatoms. The number of amides is 1. The normalized spacial score (nSPS) is 14.8. The number of hydrogen-bond donors (Lipinski definition) is 1. The predicted molar refractivity (Wildman–Crippen MR) is 72.1 cm³/mol. The van der Waals surface area contributed by atoms with E-state index in [-0.39, 0.29) is 24.9 Å². The minimum Gasteiger partial charge on any atom is -0.480 e. The Morgan fingerprint density at radius 1 is 1.37 bits per heavy atom. The molecule has 1 aliphatic carbocycles. The van der Waals surface area contributed by atoms with Gasteiger partial charge in [0.05, 0.1) is 6.42 Å². The SMILES string of the molecule is O=C(O)CN(C(=O)Cc1cccc(Cl)c1)C1CCC1. The van der Waals surface area contributed by atoms with Crippen molar-refractivity contribution < 1.29 is 14.7 Å². The van der Waals surface area contributed by atoms with E-state index in [4.69, 9.17) is 16.7 Å². The Bertz CT molecular complexity index is 485. The summed E-state index contributed by atoms with van der Waals surface area (Å²) in [6.07, 6.45) is 3.05. The Kier molecular flexibility index (Phi) is 4.43. The van der Waals surface area contributed by atoms with E-state index in [9.17, 15) is 9.59 Å². The molecule has 0 atom stereocenters. The number of aliphatic carboxylic acids is 1. The second-order valence-electron chi connectivity index (χ2n) is 4.81. The van der Waals surface area contributed by atoms with Crippen LogP contribution in [0.3, 0.4) is 0 Å². The third-order valence-corrected chi connectivity index (χ3v) is 3.62. The van der Waals surface area contributed by atoms with E-state index in [1.54, 1.807) is 18.2 Å². The van der Waals surface area contributed by atoms with E-state index in [0.29, 0.717) is 5.02 Å². The third kappa shape index (κ3) is 3.70. The smallest absolute Gasteiger partial charge is 0.323 e. The molecule has 0 saturated heterocycles. The number of benzene rings is 1. The summed E-state index contributed by atoms with van der Waals surface area (Å²) in [5.41, 5.74) is 0.812. The molecule has 0 aliphatic heterocycles. The first-order valence-corrected chi connectivity index (χ1v) is 6.70. The van der Waals surface area contributed by atoms with Crippen LogP contribution in [0.5, 0.6) is 0 Å². The maximum absolute atomic E-state index is 12.2. The largest absolute Gasteiger partial charge is 0.480 e. The van der Waals surface area contributed by atoms with Gasteiger partial charge in [0.15, 0.2) is 0 Å². The van der Waals surface area contributed by atoms with Gasteiger partial charge in [0.2, 0.25) is 5.91 Å². The van der Waals surface area contributed by atoms with Gasteiger partial charge in [0.1, 0.15) is 6.54 Å². The van der Waals surface area contributed by atoms with Crippen LogP contribution in [0.2, 0.25) is 5.02 Å². The van der Waals surface area contributed by atoms with Gasteiger partial charge in [-0.2, -0.15) is 0 Å². The zero-order valence-corrected chi connectivity index (χ0v) is 11.3. The first-order chi connectivity index (χ1) is 9.06. The van der Waals surface area contributed by atoms with Gasteiger partial charge in [-0.05, 0) is 37.0 Å². The highest BCUT2D eigenvalue weighted by atomic mass is 35.5. The highest BCUT2D eigenvalue weighted by molar-refractivity contribution is 6.30. The summed E-state index contributed by atoms with van der Waals surface area (Å²) >= 11 is 5.87. The van der Waals surface area contributed by atoms with Crippen molar-refractivity contribution in [1.82, 2.24) is 4.90 Å². The molecule has 0 aromatic heterocycles. The van der Waals surface area contributed by atoms with E-state index in [0.717, 1.165) is 24.8 Å². The van der Waals surface area contributed by atoms with Gasteiger partial charge in [-0.3, -0.25) is 9.59 Å². The van der Waals surface area contributed by atoms with Crippen molar-refractivity contribution >= 4 is 23.5 Å². The Labute approximate surface area is 117 Å². The summed E-state index contributed by atoms with van der Waals surface area (Å²) < 4.78 is 0. The van der Waals surface area contributed by atoms with Crippen molar-refractivity contribution in [3.05, 3.63) is 34.9 Å². The molecule has 1 N–H and O–H groups in total. The third-order valence-electron chi connectivity index (χ3n) is 3.39. The molecule has 0 spiro atoms. The zero-order valence-electron chi connectivity index (χ0n) is 10.5. The van der Waals surface area contributed by atoms with Crippen molar-refractivity contribution in [2.24, 2.45) is 0 Å². The van der Waals surface area contributed by atoms with Crippen LogP contribution in [-0.2, 0) is 16.0 Å². The number of nitrogens with zero attached hydrogens (tertiary/aromatic N) is 1. The molecule has 4 nitrogen and oxygen atoms in total. The van der Waals surface area contributed by atoms with E-state index < -0.39 is 5.97 Å². The first-order valence-electron chi connectivity index (χ1n) is 6.32. The minimum atomic E-state index is -0.966. The molecular weight excluding hydrogens is 266 g/mol. The van der Waals surface area contributed by atoms with Crippen LogP contribution in [0, 0.1) is 0 Å². The summed E-state index contributed by atoms with van der Waals surface area (Å²) in [6, 6.07) is 7.18. The van der Waals surface area contributed by atoms with Gasteiger partial charge in [-0.15, -0.1) is 0 Å². The van der Waals surface area contributed by atoms with Crippen molar-refractivity contribution in [3.8, 4) is 0 Å². The average Bonchev–Trinajstić information content (AvgIpc) is 2.25. The summed E-state index contributed by atoms with van der Waals surface area (Å²) in [4.78, 5) is 24.5. The Balaban J connectivity index is 2.04. The fourth-order valence-electron chi connectivity index (χ4n) is 2.19. The Morgan fingerprint density at radius 3 is 2.63 bits per heavy atom. The molecule has 2 rings (SSSR count). The van der Waals surface area contributed by atoms with E-state index in [1.807, 2.05) is 6.07 Å². The first kappa shape index (κ1) is 13.9. The van der Waals surface area contributed by atoms with Gasteiger partial charge in [0.25, 0.3) is 0 Å². The number of halogens is 1. The topological polar surface area (TPSA) is 57.6 Å². The summed E-state index contributed by atoms with van der Waals surface area (Å²) in [5, 5.41) is 9.48. The molecule has 0 heterocycles. The molecule has 102 valence electrons. The van der Waals surface area contributed by atoms with Crippen LogP contribution in [0.25, 0.3) is 0 Å². The van der Waals surface area contributed by atoms with Crippen LogP contribution < -0.4 is 0 Å². The lowest BCUT2D eigenvalue weighted by atomic mass is 9.91. The Hall–Kier alpha value is -1.55. The monoisotopic (exact) mass is 281 g/mol. The van der Waals surface area contributed by atoms with Crippen LogP contribution in [0.4, 0.5) is 0 Å². The number of carbonyl (C=O) groups excluding carboxylic acids is 1. The average molecular weight is 282 g/mol. The number of carboxylic acids is 1. The molecule has 19 heavy (non-hydrogen) atoms. The lowest BCUT2D eigenvalue weighted by Crippen LogP contribution is -2.47. The van der Waals surface area contributed by atoms with Gasteiger partial charge in [-0.25, -0.2) is 0 Å². The van der Waals surface area contributed by atoms with E-state index in [2.05, 4.69) is 0 Å². The quantitative estimate of drug-likeness (QED) is 0.901. The molecule has 0 unspecified atom stereocenters. The molecule has 0 radical (unpaired) electrons. The molecule has 1 aromatic carbocycles. The predicted octanol–water partition coefficient (Wildman–Crippen LogP) is 2.35. The number of rotatable bonds is 5. The van der Waals surface area contributed by atoms with Crippen molar-refractivity contribution in [1.29, 1.82) is 0 Å². The van der Waals surface area contributed by atoms with Crippen LogP contribution in [0.1, 0.15) is 24.8 Å². The molecular formula is C14H16ClNO3. The van der Waals surface area contributed by atoms with E-state index in [1.165, 1.54) is 4.90 Å². The Morgan fingerprint density at radius 2 is 2.11 bits per heavy atom. The minimum absolute atomic E-state index is 0.0859. The maximum Gasteiger partial charge on any atom is 0.323 e. The van der Waals surface area contributed by atoms with Gasteiger partial charge < -0.3 is 10.0 Å². The number of carboxylic acid groups (broad SMARTS) is 1. The molecule has 1 aliphatic rings. The summed E-state index contributed by atoms with van der Waals surface area (Å²) in [5.74, 6) is -1.11. The highest BCUT2D eigenvalue weighted by Gasteiger charge is 2.30. The highest BCUT2D eigenvalue weighted by Crippen LogP contribution is 2.25. The van der Waals surface area contributed by atoms with E-state index >= 15 is 0 Å². The van der Waals surface area contributed by atoms with Crippen LogP contribution in [0.15, 0.2) is 24.3 Å². The fourth-order valence-corrected chi connectivity index (χ4v) is 2.40. The molecule has 0 bridgehead atoms. The molecule has 1 saturated carbocycles. The molecule has 1 fully saturated rings. The van der Waals surface area contributed by atoms with Crippen LogP contribution in [-0.4, -0.2) is 34.5 Å². The van der Waals surface area contributed by atoms with Gasteiger partial charge >= 0.3 is 5.97 Å². The van der Waals surface area contributed by atoms with Crippen molar-refractivity contribution in [2.75, 3.05) is 6.54 Å². The lowest BCUT2D eigenvalue weighted by Gasteiger charge is -2.36. The van der Waals surface area contributed by atoms with Gasteiger partial charge in [0, 0.05) is 11.1 Å². The lowest BCUT2D eigenvalue weighted by molar-refractivity contribution is -0.147. The molecule has 1 aromatic rings. The van der Waals surface area contributed by atoms with Gasteiger partial charge in [-0.1, -0.05) is 23.7 Å². The summed E-state index contributed by atoms with van der Waals surface area (Å²) in [7, 11) is 0. The van der Waals surface area contributed by atoms with Crippen LogP contribution >= 0.6 is 11.6 Å². The second-order valence-corrected chi connectivity index (χ2v) is 5.24. The number of carbonyl (C=O) groups is 2.